The third kappa shape index (κ3) is 3.73. The van der Waals surface area contributed by atoms with E-state index in [1.807, 2.05) is 26.0 Å². The summed E-state index contributed by atoms with van der Waals surface area (Å²) in [6.45, 7) is 5.95. The molecule has 6 nitrogen and oxygen atoms in total. The molecule has 6 heteroatoms. The molecule has 2 N–H and O–H groups in total. The molecule has 2 aromatic rings. The lowest BCUT2D eigenvalue weighted by Crippen LogP contribution is -2.26. The first kappa shape index (κ1) is 17.2. The van der Waals surface area contributed by atoms with Crippen molar-refractivity contribution in [3.05, 3.63) is 46.8 Å². The minimum atomic E-state index is -0.813. The molecule has 1 aliphatic carbocycles. The van der Waals surface area contributed by atoms with Crippen molar-refractivity contribution in [2.45, 2.75) is 46.1 Å². The number of aliphatic carboxylic acids is 1. The molecule has 1 aromatic heterocycles. The molecular formula is C19H23N3O3. The van der Waals surface area contributed by atoms with Crippen LogP contribution < -0.4 is 5.32 Å². The van der Waals surface area contributed by atoms with Gasteiger partial charge in [-0.1, -0.05) is 6.92 Å². The van der Waals surface area contributed by atoms with E-state index in [4.69, 9.17) is 5.11 Å². The smallest absolute Gasteiger partial charge is 0.303 e. The summed E-state index contributed by atoms with van der Waals surface area (Å²) in [5, 5.41) is 16.4. The van der Waals surface area contributed by atoms with Gasteiger partial charge in [-0.15, -0.1) is 0 Å². The fraction of sp³-hybridized carbons (Fsp3) is 0.421. The van der Waals surface area contributed by atoms with Crippen molar-refractivity contribution >= 4 is 11.9 Å². The number of carbonyl (C=O) groups excluding carboxylic acids is 1. The second-order valence-electron chi connectivity index (χ2n) is 6.79. The van der Waals surface area contributed by atoms with Crippen LogP contribution in [-0.4, -0.2) is 32.8 Å². The van der Waals surface area contributed by atoms with E-state index in [2.05, 4.69) is 17.3 Å². The molecule has 1 aliphatic rings. The summed E-state index contributed by atoms with van der Waals surface area (Å²) < 4.78 is 1.80. The minimum absolute atomic E-state index is 0.0450. The van der Waals surface area contributed by atoms with Gasteiger partial charge in [0.15, 0.2) is 0 Å². The highest BCUT2D eigenvalue weighted by Gasteiger charge is 2.33. The van der Waals surface area contributed by atoms with Gasteiger partial charge in [0.1, 0.15) is 0 Å². The Morgan fingerprint density at radius 2 is 1.92 bits per heavy atom. The summed E-state index contributed by atoms with van der Waals surface area (Å²) in [7, 11) is 0. The Labute approximate surface area is 146 Å². The number of benzene rings is 1. The monoisotopic (exact) mass is 341 g/mol. The van der Waals surface area contributed by atoms with Crippen LogP contribution in [0, 0.1) is 19.8 Å². The number of carbonyl (C=O) groups is 2. The van der Waals surface area contributed by atoms with Crippen LogP contribution in [-0.2, 0) is 11.2 Å². The van der Waals surface area contributed by atoms with Crippen LogP contribution in [0.1, 0.15) is 47.1 Å². The first-order valence-electron chi connectivity index (χ1n) is 8.55. The highest BCUT2D eigenvalue weighted by atomic mass is 16.4. The highest BCUT2D eigenvalue weighted by Crippen LogP contribution is 2.29. The first-order valence-corrected chi connectivity index (χ1v) is 8.55. The average molecular weight is 341 g/mol. The number of rotatable bonds is 6. The van der Waals surface area contributed by atoms with Crippen LogP contribution in [0.3, 0.4) is 0 Å². The Balaban J connectivity index is 1.77. The van der Waals surface area contributed by atoms with Crippen LogP contribution in [0.2, 0.25) is 0 Å². The number of hydrogen-bond donors (Lipinski definition) is 2. The third-order valence-corrected chi connectivity index (χ3v) is 4.83. The van der Waals surface area contributed by atoms with E-state index in [1.165, 1.54) is 0 Å². The van der Waals surface area contributed by atoms with Gasteiger partial charge in [0.2, 0.25) is 0 Å². The largest absolute Gasteiger partial charge is 0.481 e. The number of hydrogen-bond acceptors (Lipinski definition) is 3. The van der Waals surface area contributed by atoms with Gasteiger partial charge in [0, 0.05) is 23.7 Å². The Morgan fingerprint density at radius 3 is 2.48 bits per heavy atom. The number of carboxylic acids is 1. The second kappa shape index (κ2) is 6.70. The third-order valence-electron chi connectivity index (χ3n) is 4.83. The molecule has 1 aromatic carbocycles. The summed E-state index contributed by atoms with van der Waals surface area (Å²) in [4.78, 5) is 23.0. The van der Waals surface area contributed by atoms with E-state index >= 15 is 0 Å². The highest BCUT2D eigenvalue weighted by molar-refractivity contribution is 5.94. The molecule has 0 unspecified atom stereocenters. The van der Waals surface area contributed by atoms with Crippen LogP contribution in [0.25, 0.3) is 5.69 Å². The standard InChI is InChI=1S/C19H23N3O3/c1-11-10-17(11)20-19(25)14-4-6-15(7-5-14)22-13(3)16(12(2)21-22)8-9-18(23)24/h4-7,11,17H,8-10H2,1-3H3,(H,20,25)(H,23,24)/t11-,17+/m1/s1. The van der Waals surface area contributed by atoms with Gasteiger partial charge in [-0.25, -0.2) is 4.68 Å². The molecule has 0 radical (unpaired) electrons. The molecule has 1 saturated carbocycles. The van der Waals surface area contributed by atoms with Crippen molar-refractivity contribution in [2.24, 2.45) is 5.92 Å². The zero-order valence-corrected chi connectivity index (χ0v) is 14.7. The van der Waals surface area contributed by atoms with Crippen molar-refractivity contribution in [3.63, 3.8) is 0 Å². The topological polar surface area (TPSA) is 84.2 Å². The van der Waals surface area contributed by atoms with E-state index in [-0.39, 0.29) is 12.3 Å². The maximum absolute atomic E-state index is 12.2. The van der Waals surface area contributed by atoms with Crippen LogP contribution in [0.5, 0.6) is 0 Å². The quantitative estimate of drug-likeness (QED) is 0.846. The fourth-order valence-electron chi connectivity index (χ4n) is 3.05. The number of aromatic nitrogens is 2. The van der Waals surface area contributed by atoms with Gasteiger partial charge in [-0.3, -0.25) is 9.59 Å². The number of nitrogens with one attached hydrogen (secondary N) is 1. The number of amides is 1. The molecule has 0 saturated heterocycles. The van der Waals surface area contributed by atoms with Gasteiger partial charge in [-0.05, 0) is 62.4 Å². The molecule has 0 spiro atoms. The first-order chi connectivity index (χ1) is 11.9. The normalized spacial score (nSPS) is 18.8. The Hall–Kier alpha value is -2.63. The molecule has 3 rings (SSSR count). The van der Waals surface area contributed by atoms with Crippen LogP contribution in [0.15, 0.2) is 24.3 Å². The number of nitrogens with zero attached hydrogens (tertiary/aromatic N) is 2. The van der Waals surface area contributed by atoms with E-state index in [1.54, 1.807) is 16.8 Å². The summed E-state index contributed by atoms with van der Waals surface area (Å²) in [5.41, 5.74) is 4.23. The molecule has 0 aliphatic heterocycles. The molecule has 1 heterocycles. The van der Waals surface area contributed by atoms with E-state index in [9.17, 15) is 9.59 Å². The maximum atomic E-state index is 12.2. The van der Waals surface area contributed by atoms with Gasteiger partial charge < -0.3 is 10.4 Å². The SMILES string of the molecule is Cc1nn(-c2ccc(C(=O)N[C@H]3C[C@H]3C)cc2)c(C)c1CCC(=O)O. The van der Waals surface area contributed by atoms with Crippen molar-refractivity contribution in [1.29, 1.82) is 0 Å². The molecule has 1 amide bonds. The number of aryl methyl sites for hydroxylation is 1. The minimum Gasteiger partial charge on any atom is -0.481 e. The van der Waals surface area contributed by atoms with Crippen LogP contribution >= 0.6 is 0 Å². The summed E-state index contributed by atoms with van der Waals surface area (Å²) in [6, 6.07) is 7.63. The van der Waals surface area contributed by atoms with Crippen molar-refractivity contribution in [2.75, 3.05) is 0 Å². The molecule has 2 atom stereocenters. The Kier molecular flexibility index (Phi) is 4.61. The van der Waals surface area contributed by atoms with Gasteiger partial charge in [0.25, 0.3) is 5.91 Å². The van der Waals surface area contributed by atoms with Gasteiger partial charge >= 0.3 is 5.97 Å². The Morgan fingerprint density at radius 1 is 1.28 bits per heavy atom. The van der Waals surface area contributed by atoms with Crippen molar-refractivity contribution < 1.29 is 14.7 Å². The molecule has 1 fully saturated rings. The van der Waals surface area contributed by atoms with Gasteiger partial charge in [0.05, 0.1) is 11.4 Å². The number of carboxylic acid groups (broad SMARTS) is 1. The Bertz CT molecular complexity index is 808. The fourth-order valence-corrected chi connectivity index (χ4v) is 3.05. The van der Waals surface area contributed by atoms with E-state index in [0.717, 1.165) is 29.1 Å². The maximum Gasteiger partial charge on any atom is 0.303 e. The van der Waals surface area contributed by atoms with E-state index in [0.29, 0.717) is 23.9 Å². The summed E-state index contributed by atoms with van der Waals surface area (Å²) in [6.07, 6.45) is 1.60. The van der Waals surface area contributed by atoms with E-state index < -0.39 is 5.97 Å². The lowest BCUT2D eigenvalue weighted by Gasteiger charge is -2.08. The molecule has 132 valence electrons. The lowest BCUT2D eigenvalue weighted by molar-refractivity contribution is -0.136. The predicted octanol–water partition coefficient (Wildman–Crippen LogP) is 2.64. The summed E-state index contributed by atoms with van der Waals surface area (Å²) in [5.74, 6) is -0.287. The van der Waals surface area contributed by atoms with Crippen LogP contribution in [0.4, 0.5) is 0 Å². The zero-order valence-electron chi connectivity index (χ0n) is 14.7. The second-order valence-corrected chi connectivity index (χ2v) is 6.79. The molecule has 25 heavy (non-hydrogen) atoms. The van der Waals surface area contributed by atoms with Crippen molar-refractivity contribution in [1.82, 2.24) is 15.1 Å². The predicted molar refractivity (Wildman–Crippen MR) is 94.0 cm³/mol. The summed E-state index contributed by atoms with van der Waals surface area (Å²) >= 11 is 0. The van der Waals surface area contributed by atoms with Crippen molar-refractivity contribution in [3.8, 4) is 5.69 Å². The lowest BCUT2D eigenvalue weighted by atomic mass is 10.1. The van der Waals surface area contributed by atoms with Gasteiger partial charge in [-0.2, -0.15) is 5.10 Å². The average Bonchev–Trinajstić information content (AvgIpc) is 3.18. The molecule has 0 bridgehead atoms. The molecular weight excluding hydrogens is 318 g/mol. The zero-order chi connectivity index (χ0) is 18.1.